The normalized spacial score (nSPS) is 11.7. The molecule has 0 bridgehead atoms. The second kappa shape index (κ2) is 13.7. The lowest BCUT2D eigenvalue weighted by molar-refractivity contribution is -0.126. The minimum atomic E-state index is -1.45. The maximum absolute atomic E-state index is 13.0. The van der Waals surface area contributed by atoms with Crippen molar-refractivity contribution >= 4 is 46.3 Å². The van der Waals surface area contributed by atoms with Gasteiger partial charge in [0.15, 0.2) is 5.78 Å². The van der Waals surface area contributed by atoms with E-state index >= 15 is 0 Å². The van der Waals surface area contributed by atoms with Gasteiger partial charge in [0.25, 0.3) is 5.91 Å². The summed E-state index contributed by atoms with van der Waals surface area (Å²) in [5.74, 6) is 0.242. The molecular weight excluding hydrogens is 497 g/mol. The van der Waals surface area contributed by atoms with Crippen LogP contribution in [0.3, 0.4) is 0 Å². The van der Waals surface area contributed by atoms with Crippen LogP contribution in [0.4, 0.5) is 11.4 Å². The largest absolute Gasteiger partial charge is 0.494 e. The fourth-order valence-corrected chi connectivity index (χ4v) is 3.37. The quantitative estimate of drug-likeness (QED) is 0.244. The summed E-state index contributed by atoms with van der Waals surface area (Å²) in [5, 5.41) is 11.2. The van der Waals surface area contributed by atoms with Crippen molar-refractivity contribution in [3.05, 3.63) is 34.3 Å². The second-order valence-electron chi connectivity index (χ2n) is 6.98. The number of carbonyl (C=O) groups is 2. The van der Waals surface area contributed by atoms with Gasteiger partial charge in [-0.1, -0.05) is 23.2 Å². The molecule has 0 aliphatic carbocycles. The molecule has 11 heteroatoms. The molecule has 0 saturated carbocycles. The Morgan fingerprint density at radius 1 is 0.857 bits per heavy atom. The maximum Gasteiger partial charge on any atom is 0.258 e. The minimum absolute atomic E-state index is 0.167. The highest BCUT2D eigenvalue weighted by molar-refractivity contribution is 6.35. The molecule has 1 amide bonds. The van der Waals surface area contributed by atoms with Crippen molar-refractivity contribution < 1.29 is 28.5 Å². The van der Waals surface area contributed by atoms with Crippen LogP contribution >= 0.6 is 23.2 Å². The number of azo groups is 1. The smallest absolute Gasteiger partial charge is 0.258 e. The fourth-order valence-electron chi connectivity index (χ4n) is 2.95. The number of anilines is 1. The molecule has 2 aromatic rings. The zero-order valence-corrected chi connectivity index (χ0v) is 21.8. The van der Waals surface area contributed by atoms with Crippen molar-refractivity contribution in [2.75, 3.05) is 31.7 Å². The topological polar surface area (TPSA) is 108 Å². The number of nitrogens with zero attached hydrogens (tertiary/aromatic N) is 2. The van der Waals surface area contributed by atoms with E-state index in [0.717, 1.165) is 0 Å². The zero-order valence-electron chi connectivity index (χ0n) is 20.3. The van der Waals surface area contributed by atoms with Gasteiger partial charge in [-0.3, -0.25) is 9.59 Å². The number of ether oxygens (including phenoxy) is 4. The summed E-state index contributed by atoms with van der Waals surface area (Å²) in [6, 6.07) is 4.80. The number of rotatable bonds is 13. The lowest BCUT2D eigenvalue weighted by Gasteiger charge is -2.16. The predicted octanol–water partition coefficient (Wildman–Crippen LogP) is 6.27. The number of Topliss-reactive ketones (excluding diaryl/α,β-unsaturated/α-hetero) is 1. The molecule has 1 N–H and O–H groups in total. The molecule has 1 unspecified atom stereocenters. The van der Waals surface area contributed by atoms with E-state index < -0.39 is 17.7 Å². The van der Waals surface area contributed by atoms with Gasteiger partial charge in [-0.2, -0.15) is 10.2 Å². The van der Waals surface area contributed by atoms with Crippen LogP contribution in [-0.4, -0.2) is 44.2 Å². The van der Waals surface area contributed by atoms with Gasteiger partial charge in [-0.05, 0) is 34.6 Å². The van der Waals surface area contributed by atoms with E-state index in [9.17, 15) is 9.59 Å². The Balaban J connectivity index is 2.38. The third-order valence-corrected chi connectivity index (χ3v) is 5.09. The summed E-state index contributed by atoms with van der Waals surface area (Å²) in [4.78, 5) is 25.3. The summed E-state index contributed by atoms with van der Waals surface area (Å²) in [7, 11) is 0. The molecule has 0 heterocycles. The van der Waals surface area contributed by atoms with Crippen molar-refractivity contribution in [3.63, 3.8) is 0 Å². The summed E-state index contributed by atoms with van der Waals surface area (Å²) in [5.41, 5.74) is 0.474. The second-order valence-corrected chi connectivity index (χ2v) is 7.77. The molecule has 0 aromatic heterocycles. The van der Waals surface area contributed by atoms with Gasteiger partial charge in [0.05, 0.1) is 37.1 Å². The van der Waals surface area contributed by atoms with Crippen LogP contribution in [0.25, 0.3) is 0 Å². The van der Waals surface area contributed by atoms with Gasteiger partial charge in [0, 0.05) is 24.3 Å². The highest BCUT2D eigenvalue weighted by atomic mass is 35.5. The molecule has 0 aliphatic heterocycles. The first-order valence-electron chi connectivity index (χ1n) is 11.2. The van der Waals surface area contributed by atoms with Crippen LogP contribution in [0.2, 0.25) is 10.0 Å². The monoisotopic (exact) mass is 525 g/mol. The van der Waals surface area contributed by atoms with Crippen molar-refractivity contribution in [2.24, 2.45) is 10.2 Å². The van der Waals surface area contributed by atoms with E-state index in [0.29, 0.717) is 54.4 Å². The molecule has 1 atom stereocenters. The van der Waals surface area contributed by atoms with Crippen molar-refractivity contribution in [1.29, 1.82) is 0 Å². The predicted molar refractivity (Wildman–Crippen MR) is 135 cm³/mol. The third-order valence-electron chi connectivity index (χ3n) is 4.41. The molecule has 0 radical (unpaired) electrons. The first-order valence-corrected chi connectivity index (χ1v) is 11.9. The minimum Gasteiger partial charge on any atom is -0.494 e. The molecule has 0 spiro atoms. The van der Waals surface area contributed by atoms with E-state index in [1.807, 2.05) is 13.8 Å². The lowest BCUT2D eigenvalue weighted by atomic mass is 10.2. The van der Waals surface area contributed by atoms with Gasteiger partial charge < -0.3 is 24.3 Å². The van der Waals surface area contributed by atoms with Crippen LogP contribution in [0, 0.1) is 0 Å². The van der Waals surface area contributed by atoms with E-state index in [1.165, 1.54) is 13.0 Å². The van der Waals surface area contributed by atoms with Gasteiger partial charge in [0.1, 0.15) is 33.7 Å². The number of benzene rings is 2. The molecule has 190 valence electrons. The highest BCUT2D eigenvalue weighted by Crippen LogP contribution is 2.39. The van der Waals surface area contributed by atoms with E-state index in [4.69, 9.17) is 42.1 Å². The van der Waals surface area contributed by atoms with Gasteiger partial charge >= 0.3 is 0 Å². The summed E-state index contributed by atoms with van der Waals surface area (Å²) < 4.78 is 22.1. The zero-order chi connectivity index (χ0) is 26.0. The summed E-state index contributed by atoms with van der Waals surface area (Å²) in [6.07, 6.45) is 0. The number of hydrogen-bond acceptors (Lipinski definition) is 8. The Morgan fingerprint density at radius 3 is 2.06 bits per heavy atom. The number of nitrogens with one attached hydrogen (secondary N) is 1. The molecule has 0 aliphatic rings. The SMILES string of the molecule is CCOc1cc(NC(=O)C(N=Nc2cc(OCC)c(Cl)cc2OCC)C(C)=O)c(Cl)c(OCC)c1. The Hall–Kier alpha value is -3.04. The fraction of sp³-hybridized carbons (Fsp3) is 0.417. The first kappa shape index (κ1) is 28.2. The first-order chi connectivity index (χ1) is 16.7. The van der Waals surface area contributed by atoms with Gasteiger partial charge in [0.2, 0.25) is 6.04 Å². The van der Waals surface area contributed by atoms with E-state index in [1.54, 1.807) is 32.0 Å². The lowest BCUT2D eigenvalue weighted by Crippen LogP contribution is -2.32. The van der Waals surface area contributed by atoms with Crippen molar-refractivity contribution in [1.82, 2.24) is 0 Å². The third kappa shape index (κ3) is 7.73. The average Bonchev–Trinajstić information content (AvgIpc) is 2.80. The van der Waals surface area contributed by atoms with Crippen LogP contribution in [0.5, 0.6) is 23.0 Å². The Labute approximate surface area is 214 Å². The average molecular weight is 526 g/mol. The standard InChI is InChI=1S/C24H29Cl2N3O6/c1-6-32-15-10-18(22(26)21(11-15)35-9-4)27-24(31)23(14(5)30)29-28-17-13-19(33-7-2)16(25)12-20(17)34-8-3/h10-13,23H,6-9H2,1-5H3,(H,27,31). The number of halogens is 2. The Kier molecular flexibility index (Phi) is 11.1. The molecular formula is C24H29Cl2N3O6. The summed E-state index contributed by atoms with van der Waals surface area (Å²) in [6.45, 7) is 9.97. The van der Waals surface area contributed by atoms with Crippen molar-refractivity contribution in [2.45, 2.75) is 40.7 Å². The number of amides is 1. The van der Waals surface area contributed by atoms with Crippen molar-refractivity contribution in [3.8, 4) is 23.0 Å². The maximum atomic E-state index is 13.0. The number of ketones is 1. The van der Waals surface area contributed by atoms with Crippen LogP contribution < -0.4 is 24.3 Å². The van der Waals surface area contributed by atoms with Crippen LogP contribution in [0.1, 0.15) is 34.6 Å². The van der Waals surface area contributed by atoms with E-state index in [2.05, 4.69) is 15.5 Å². The van der Waals surface area contributed by atoms with Gasteiger partial charge in [-0.15, -0.1) is 0 Å². The van der Waals surface area contributed by atoms with Crippen LogP contribution in [-0.2, 0) is 9.59 Å². The number of carbonyl (C=O) groups excluding carboxylic acids is 2. The number of hydrogen-bond donors (Lipinski definition) is 1. The molecule has 9 nitrogen and oxygen atoms in total. The van der Waals surface area contributed by atoms with E-state index in [-0.39, 0.29) is 16.4 Å². The molecule has 2 aromatic carbocycles. The van der Waals surface area contributed by atoms with Crippen LogP contribution in [0.15, 0.2) is 34.5 Å². The molecule has 35 heavy (non-hydrogen) atoms. The molecule has 2 rings (SSSR count). The summed E-state index contributed by atoms with van der Waals surface area (Å²) >= 11 is 12.6. The molecule has 0 fully saturated rings. The Bertz CT molecular complexity index is 1080. The molecule has 0 saturated heterocycles. The van der Waals surface area contributed by atoms with Gasteiger partial charge in [-0.25, -0.2) is 0 Å². The highest BCUT2D eigenvalue weighted by Gasteiger charge is 2.25. The Morgan fingerprint density at radius 2 is 1.46 bits per heavy atom.